The Morgan fingerprint density at radius 3 is 2.35 bits per heavy atom. The van der Waals surface area contributed by atoms with Crippen molar-refractivity contribution in [2.45, 2.75) is 4.21 Å². The predicted octanol–water partition coefficient (Wildman–Crippen LogP) is 2.59. The Morgan fingerprint density at radius 1 is 0.903 bits per heavy atom. The summed E-state index contributed by atoms with van der Waals surface area (Å²) < 4.78 is 1.19. The molecular weight excluding hydrogens is 426 g/mol. The molecule has 2 aromatic heterocycles. The van der Waals surface area contributed by atoms with Gasteiger partial charge in [0.05, 0.1) is 4.21 Å². The van der Waals surface area contributed by atoms with Crippen LogP contribution in [0.3, 0.4) is 0 Å². The highest BCUT2D eigenvalue weighted by Crippen LogP contribution is 2.27. The van der Waals surface area contributed by atoms with Crippen LogP contribution in [-0.4, -0.2) is 41.3 Å². The van der Waals surface area contributed by atoms with Crippen LogP contribution in [0.25, 0.3) is 22.9 Å². The SMILES string of the molecule is CN(C)CCSc1ccc(/C=c2\[nH]c(=O)/c(=C/c3ccc4ccccc4c3)[nH]c2=O)s1. The van der Waals surface area contributed by atoms with Crippen LogP contribution in [0.1, 0.15) is 10.4 Å². The average molecular weight is 450 g/mol. The molecule has 2 N–H and O–H groups in total. The molecule has 5 nitrogen and oxygen atoms in total. The van der Waals surface area contributed by atoms with Gasteiger partial charge in [0, 0.05) is 17.2 Å². The summed E-state index contributed by atoms with van der Waals surface area (Å²) in [5.41, 5.74) is 0.215. The van der Waals surface area contributed by atoms with E-state index < -0.39 is 0 Å². The van der Waals surface area contributed by atoms with E-state index in [2.05, 4.69) is 29.0 Å². The molecule has 4 rings (SSSR count). The molecule has 0 atom stereocenters. The van der Waals surface area contributed by atoms with E-state index in [1.807, 2.05) is 54.6 Å². The first-order chi connectivity index (χ1) is 15.0. The van der Waals surface area contributed by atoms with Crippen molar-refractivity contribution in [1.29, 1.82) is 0 Å². The highest BCUT2D eigenvalue weighted by Gasteiger charge is 2.02. The van der Waals surface area contributed by atoms with Crippen molar-refractivity contribution in [1.82, 2.24) is 14.9 Å². The van der Waals surface area contributed by atoms with Gasteiger partial charge in [-0.1, -0.05) is 36.4 Å². The molecule has 2 heterocycles. The standard InChI is InChI=1S/C24H23N3O2S2/c1-27(2)11-12-30-22-10-9-19(31-22)15-21-24(29)25-20(23(28)26-21)14-16-7-8-17-5-3-4-6-18(17)13-16/h3-10,13-15H,11-12H2,1-2H3,(H,25,29)(H,26,28)/b20-14-,21-15-. The van der Waals surface area contributed by atoms with E-state index in [9.17, 15) is 9.59 Å². The number of hydrogen-bond donors (Lipinski definition) is 2. The second-order valence-corrected chi connectivity index (χ2v) is 9.95. The highest BCUT2D eigenvalue weighted by molar-refractivity contribution is 8.01. The molecule has 4 aromatic rings. The number of fused-ring (bicyclic) bond motifs is 1. The van der Waals surface area contributed by atoms with Gasteiger partial charge in [0.2, 0.25) is 0 Å². The lowest BCUT2D eigenvalue weighted by molar-refractivity contribution is 0.437. The number of nitrogens with one attached hydrogen (secondary N) is 2. The minimum Gasteiger partial charge on any atom is -0.316 e. The van der Waals surface area contributed by atoms with Crippen molar-refractivity contribution in [3.63, 3.8) is 0 Å². The summed E-state index contributed by atoms with van der Waals surface area (Å²) in [4.78, 5) is 33.7. The van der Waals surface area contributed by atoms with Crippen molar-refractivity contribution < 1.29 is 0 Å². The Hall–Kier alpha value is -2.87. The summed E-state index contributed by atoms with van der Waals surface area (Å²) in [5, 5.41) is 2.70. The van der Waals surface area contributed by atoms with E-state index in [1.165, 1.54) is 4.21 Å². The van der Waals surface area contributed by atoms with Crippen LogP contribution in [0.15, 0.2) is 68.4 Å². The number of hydrogen-bond acceptors (Lipinski definition) is 5. The molecule has 0 bridgehead atoms. The third-order valence-electron chi connectivity index (χ3n) is 4.74. The van der Waals surface area contributed by atoms with E-state index in [-0.39, 0.29) is 21.8 Å². The van der Waals surface area contributed by atoms with Gasteiger partial charge in [-0.15, -0.1) is 23.1 Å². The minimum absolute atomic E-state index is 0.239. The third-order valence-corrected chi connectivity index (χ3v) is 6.98. The molecule has 0 saturated carbocycles. The summed E-state index contributed by atoms with van der Waals surface area (Å²) in [6.45, 7) is 1.00. The molecule has 0 aliphatic rings. The first-order valence-electron chi connectivity index (χ1n) is 9.90. The number of H-pyrrole nitrogens is 2. The fourth-order valence-electron chi connectivity index (χ4n) is 3.12. The monoisotopic (exact) mass is 449 g/mol. The number of benzene rings is 2. The van der Waals surface area contributed by atoms with Crippen molar-refractivity contribution in [3.8, 4) is 0 Å². The Kier molecular flexibility index (Phi) is 6.56. The highest BCUT2D eigenvalue weighted by atomic mass is 32.2. The van der Waals surface area contributed by atoms with Gasteiger partial charge >= 0.3 is 0 Å². The van der Waals surface area contributed by atoms with Gasteiger partial charge in [-0.25, -0.2) is 0 Å². The zero-order chi connectivity index (χ0) is 21.8. The molecule has 0 spiro atoms. The summed E-state index contributed by atoms with van der Waals surface area (Å²) in [6.07, 6.45) is 3.42. The molecule has 0 radical (unpaired) electrons. The van der Waals surface area contributed by atoms with Gasteiger partial charge in [-0.05, 0) is 60.8 Å². The Labute approximate surface area is 187 Å². The van der Waals surface area contributed by atoms with Crippen LogP contribution in [0, 0.1) is 0 Å². The van der Waals surface area contributed by atoms with Gasteiger partial charge in [0.25, 0.3) is 11.1 Å². The molecule has 0 unspecified atom stereocenters. The maximum Gasteiger partial charge on any atom is 0.272 e. The Balaban J connectivity index is 1.62. The van der Waals surface area contributed by atoms with Crippen molar-refractivity contribution >= 4 is 46.0 Å². The third kappa shape index (κ3) is 5.44. The number of nitrogens with zero attached hydrogens (tertiary/aromatic N) is 1. The van der Waals surface area contributed by atoms with E-state index in [0.717, 1.165) is 33.5 Å². The van der Waals surface area contributed by atoms with Gasteiger partial charge < -0.3 is 14.9 Å². The maximum atomic E-state index is 12.6. The maximum absolute atomic E-state index is 12.6. The lowest BCUT2D eigenvalue weighted by atomic mass is 10.1. The van der Waals surface area contributed by atoms with Crippen molar-refractivity contribution in [2.24, 2.45) is 0 Å². The largest absolute Gasteiger partial charge is 0.316 e. The molecule has 0 fully saturated rings. The zero-order valence-corrected chi connectivity index (χ0v) is 19.0. The molecule has 2 aromatic carbocycles. The van der Waals surface area contributed by atoms with E-state index in [1.54, 1.807) is 35.3 Å². The lowest BCUT2D eigenvalue weighted by Crippen LogP contribution is -2.46. The first kappa shape index (κ1) is 21.4. The number of thioether (sulfide) groups is 1. The molecule has 0 saturated heterocycles. The van der Waals surface area contributed by atoms with Gasteiger partial charge in [0.15, 0.2) is 0 Å². The van der Waals surface area contributed by atoms with Crippen LogP contribution in [0.5, 0.6) is 0 Å². The van der Waals surface area contributed by atoms with Gasteiger partial charge in [-0.3, -0.25) is 9.59 Å². The fraction of sp³-hybridized carbons (Fsp3) is 0.167. The number of aromatic nitrogens is 2. The molecule has 158 valence electrons. The van der Waals surface area contributed by atoms with Crippen LogP contribution in [-0.2, 0) is 0 Å². The fourth-order valence-corrected chi connectivity index (χ4v) is 5.40. The molecule has 7 heteroatoms. The zero-order valence-electron chi connectivity index (χ0n) is 17.3. The van der Waals surface area contributed by atoms with Crippen LogP contribution in [0.2, 0.25) is 0 Å². The summed E-state index contributed by atoms with van der Waals surface area (Å²) in [5.74, 6) is 1.00. The minimum atomic E-state index is -0.323. The van der Waals surface area contributed by atoms with Crippen LogP contribution in [0.4, 0.5) is 0 Å². The quantitative estimate of drug-likeness (QED) is 0.444. The van der Waals surface area contributed by atoms with E-state index >= 15 is 0 Å². The van der Waals surface area contributed by atoms with Crippen LogP contribution < -0.4 is 21.8 Å². The van der Waals surface area contributed by atoms with Crippen LogP contribution >= 0.6 is 23.1 Å². The van der Waals surface area contributed by atoms with Gasteiger partial charge in [0.1, 0.15) is 10.7 Å². The molecule has 0 aliphatic heterocycles. The second-order valence-electron chi connectivity index (χ2n) is 7.44. The predicted molar refractivity (Wildman–Crippen MR) is 132 cm³/mol. The van der Waals surface area contributed by atoms with E-state index in [4.69, 9.17) is 0 Å². The average Bonchev–Trinajstić information content (AvgIpc) is 3.18. The van der Waals surface area contributed by atoms with Crippen molar-refractivity contribution in [2.75, 3.05) is 26.4 Å². The van der Waals surface area contributed by atoms with Crippen molar-refractivity contribution in [3.05, 3.63) is 96.4 Å². The van der Waals surface area contributed by atoms with Gasteiger partial charge in [-0.2, -0.15) is 0 Å². The van der Waals surface area contributed by atoms with E-state index in [0.29, 0.717) is 0 Å². The molecule has 31 heavy (non-hydrogen) atoms. The number of thiophene rings is 1. The summed E-state index contributed by atoms with van der Waals surface area (Å²) in [7, 11) is 4.11. The molecular formula is C24H23N3O2S2. The Bertz CT molecular complexity index is 1450. The summed E-state index contributed by atoms with van der Waals surface area (Å²) >= 11 is 3.39. The summed E-state index contributed by atoms with van der Waals surface area (Å²) in [6, 6.07) is 18.0. The normalized spacial score (nSPS) is 12.9. The Morgan fingerprint density at radius 2 is 1.61 bits per heavy atom. The smallest absolute Gasteiger partial charge is 0.272 e. The number of aromatic amines is 2. The number of rotatable bonds is 6. The first-order valence-corrected chi connectivity index (χ1v) is 11.7. The molecule has 0 amide bonds. The lowest BCUT2D eigenvalue weighted by Gasteiger charge is -2.07. The molecule has 0 aliphatic carbocycles. The second kappa shape index (κ2) is 9.51. The topological polar surface area (TPSA) is 69.0 Å².